The lowest BCUT2D eigenvalue weighted by Gasteiger charge is -2.30. The van der Waals surface area contributed by atoms with E-state index in [0.29, 0.717) is 5.95 Å². The molecule has 0 fully saturated rings. The molecule has 0 spiro atoms. The van der Waals surface area contributed by atoms with E-state index >= 15 is 0 Å². The van der Waals surface area contributed by atoms with Crippen LogP contribution in [-0.4, -0.2) is 45.0 Å². The highest BCUT2D eigenvalue weighted by Crippen LogP contribution is 2.26. The van der Waals surface area contributed by atoms with E-state index in [0.717, 1.165) is 50.4 Å². The van der Waals surface area contributed by atoms with Gasteiger partial charge in [0.15, 0.2) is 0 Å². The van der Waals surface area contributed by atoms with Gasteiger partial charge in [-0.05, 0) is 49.2 Å². The number of fused-ring (bicyclic) bond motifs is 2. The first-order chi connectivity index (χ1) is 14.2. The Kier molecular flexibility index (Phi) is 4.60. The standard InChI is InChI=1S/C22H25N7.H2/c1-15-3-6-23-12-21(15)29-8-4-16-10-25-22(27-20(16)14-29)26-18-9-17-13-28(2)7-5-19(17)24-11-18;/h3,6,9-12H,4-5,7-8,13-14H2,1-2H3,(H,25,26,27);1H. The largest absolute Gasteiger partial charge is 0.364 e. The molecule has 0 unspecified atom stereocenters. The van der Waals surface area contributed by atoms with Gasteiger partial charge in [0, 0.05) is 45.6 Å². The highest BCUT2D eigenvalue weighted by atomic mass is 15.2. The zero-order valence-electron chi connectivity index (χ0n) is 16.9. The third-order valence-electron chi connectivity index (χ3n) is 5.78. The van der Waals surface area contributed by atoms with Gasteiger partial charge in [-0.1, -0.05) is 0 Å². The van der Waals surface area contributed by atoms with Crippen molar-refractivity contribution in [2.45, 2.75) is 32.9 Å². The van der Waals surface area contributed by atoms with Crippen LogP contribution in [0.1, 0.15) is 29.5 Å². The van der Waals surface area contributed by atoms with Gasteiger partial charge in [0.25, 0.3) is 0 Å². The number of likely N-dealkylation sites (N-methyl/N-ethyl adjacent to an activating group) is 1. The van der Waals surface area contributed by atoms with Crippen molar-refractivity contribution in [2.75, 3.05) is 30.4 Å². The molecule has 0 amide bonds. The van der Waals surface area contributed by atoms with Crippen LogP contribution in [-0.2, 0) is 25.9 Å². The molecule has 0 aromatic carbocycles. The number of hydrogen-bond acceptors (Lipinski definition) is 7. The molecule has 2 aliphatic rings. The Morgan fingerprint density at radius 3 is 2.83 bits per heavy atom. The van der Waals surface area contributed by atoms with Gasteiger partial charge >= 0.3 is 0 Å². The molecular weight excluding hydrogens is 362 g/mol. The first kappa shape index (κ1) is 18.0. The molecule has 29 heavy (non-hydrogen) atoms. The summed E-state index contributed by atoms with van der Waals surface area (Å²) in [4.78, 5) is 23.0. The summed E-state index contributed by atoms with van der Waals surface area (Å²) in [5.41, 5.74) is 8.12. The van der Waals surface area contributed by atoms with Crippen LogP contribution in [0.3, 0.4) is 0 Å². The van der Waals surface area contributed by atoms with Gasteiger partial charge in [0.05, 0.1) is 36.0 Å². The van der Waals surface area contributed by atoms with Crippen molar-refractivity contribution in [3.63, 3.8) is 0 Å². The predicted molar refractivity (Wildman–Crippen MR) is 115 cm³/mol. The third kappa shape index (κ3) is 3.65. The second kappa shape index (κ2) is 7.40. The molecule has 3 aromatic heterocycles. The van der Waals surface area contributed by atoms with E-state index in [1.807, 2.05) is 24.8 Å². The van der Waals surface area contributed by atoms with Crippen molar-refractivity contribution in [3.05, 3.63) is 65.0 Å². The first-order valence-electron chi connectivity index (χ1n) is 10.1. The smallest absolute Gasteiger partial charge is 0.227 e. The average molecular weight is 390 g/mol. The summed E-state index contributed by atoms with van der Waals surface area (Å²) in [6.45, 7) is 5.85. The summed E-state index contributed by atoms with van der Waals surface area (Å²) in [5.74, 6) is 0.624. The Labute approximate surface area is 172 Å². The van der Waals surface area contributed by atoms with E-state index in [2.05, 4.69) is 56.2 Å². The summed E-state index contributed by atoms with van der Waals surface area (Å²) < 4.78 is 0. The number of pyridine rings is 2. The average Bonchev–Trinajstić information content (AvgIpc) is 2.73. The van der Waals surface area contributed by atoms with Crippen molar-refractivity contribution in [1.82, 2.24) is 24.8 Å². The van der Waals surface area contributed by atoms with E-state index in [4.69, 9.17) is 4.98 Å². The molecular formula is C22H27N7. The van der Waals surface area contributed by atoms with Crippen LogP contribution >= 0.6 is 0 Å². The van der Waals surface area contributed by atoms with Crippen LogP contribution in [0.25, 0.3) is 0 Å². The van der Waals surface area contributed by atoms with Gasteiger partial charge in [-0.15, -0.1) is 0 Å². The molecule has 0 bridgehead atoms. The number of hydrogen-bond donors (Lipinski definition) is 1. The molecule has 0 saturated heterocycles. The quantitative estimate of drug-likeness (QED) is 0.738. The Balaban J connectivity index is 0.00000218. The minimum Gasteiger partial charge on any atom is -0.364 e. The van der Waals surface area contributed by atoms with E-state index in [1.165, 1.54) is 28.1 Å². The second-order valence-corrected chi connectivity index (χ2v) is 7.94. The predicted octanol–water partition coefficient (Wildman–Crippen LogP) is 3.12. The van der Waals surface area contributed by atoms with Gasteiger partial charge in [-0.25, -0.2) is 9.97 Å². The van der Waals surface area contributed by atoms with Crippen molar-refractivity contribution >= 4 is 17.3 Å². The fraction of sp³-hybridized carbons (Fsp3) is 0.364. The molecule has 5 heterocycles. The maximum atomic E-state index is 4.82. The zero-order chi connectivity index (χ0) is 19.8. The number of anilines is 3. The normalized spacial score (nSPS) is 16.3. The molecule has 2 aliphatic heterocycles. The fourth-order valence-electron chi connectivity index (χ4n) is 4.12. The zero-order valence-corrected chi connectivity index (χ0v) is 16.9. The molecule has 7 nitrogen and oxygen atoms in total. The van der Waals surface area contributed by atoms with E-state index in [9.17, 15) is 0 Å². The maximum absolute atomic E-state index is 4.82. The number of rotatable bonds is 3. The lowest BCUT2D eigenvalue weighted by Crippen LogP contribution is -2.32. The minimum absolute atomic E-state index is 0. The van der Waals surface area contributed by atoms with E-state index in [1.54, 1.807) is 0 Å². The van der Waals surface area contributed by atoms with Gasteiger partial charge in [0.1, 0.15) is 0 Å². The highest BCUT2D eigenvalue weighted by Gasteiger charge is 2.20. The Hall–Kier alpha value is -3.06. The second-order valence-electron chi connectivity index (χ2n) is 7.94. The van der Waals surface area contributed by atoms with Crippen molar-refractivity contribution < 1.29 is 1.43 Å². The molecule has 0 atom stereocenters. The molecule has 0 saturated carbocycles. The summed E-state index contributed by atoms with van der Waals surface area (Å²) in [7, 11) is 2.14. The number of aromatic nitrogens is 4. The minimum atomic E-state index is 0. The van der Waals surface area contributed by atoms with Crippen molar-refractivity contribution in [3.8, 4) is 0 Å². The SMILES string of the molecule is Cc1ccncc1N1CCc2cnc(Nc3cnc4c(c3)CN(C)CC4)nc2C1.[HH]. The van der Waals surface area contributed by atoms with Crippen LogP contribution in [0.5, 0.6) is 0 Å². The molecule has 5 rings (SSSR count). The number of nitrogens with one attached hydrogen (secondary N) is 1. The molecule has 1 N–H and O–H groups in total. The van der Waals surface area contributed by atoms with Crippen LogP contribution < -0.4 is 10.2 Å². The number of nitrogens with zero attached hydrogens (tertiary/aromatic N) is 6. The molecule has 7 heteroatoms. The van der Waals surface area contributed by atoms with Crippen LogP contribution in [0, 0.1) is 6.92 Å². The summed E-state index contributed by atoms with van der Waals surface area (Å²) in [5, 5.41) is 3.35. The summed E-state index contributed by atoms with van der Waals surface area (Å²) in [6, 6.07) is 4.23. The van der Waals surface area contributed by atoms with E-state index in [-0.39, 0.29) is 1.43 Å². The van der Waals surface area contributed by atoms with Gasteiger partial charge in [-0.3, -0.25) is 9.97 Å². The van der Waals surface area contributed by atoms with Crippen LogP contribution in [0.2, 0.25) is 0 Å². The topological polar surface area (TPSA) is 70.1 Å². The van der Waals surface area contributed by atoms with Gasteiger partial charge in [-0.2, -0.15) is 0 Å². The molecule has 150 valence electrons. The Bertz CT molecular complexity index is 1060. The lowest BCUT2D eigenvalue weighted by molar-refractivity contribution is 0.310. The van der Waals surface area contributed by atoms with Crippen LogP contribution in [0.4, 0.5) is 17.3 Å². The molecule has 0 aliphatic carbocycles. The Morgan fingerprint density at radius 1 is 1.00 bits per heavy atom. The van der Waals surface area contributed by atoms with Crippen molar-refractivity contribution in [2.24, 2.45) is 0 Å². The lowest BCUT2D eigenvalue weighted by atomic mass is 10.1. The number of aryl methyl sites for hydroxylation is 1. The third-order valence-corrected chi connectivity index (χ3v) is 5.78. The van der Waals surface area contributed by atoms with Gasteiger partial charge in [0.2, 0.25) is 5.95 Å². The fourth-order valence-corrected chi connectivity index (χ4v) is 4.12. The van der Waals surface area contributed by atoms with Gasteiger partial charge < -0.3 is 15.1 Å². The molecule has 3 aromatic rings. The van der Waals surface area contributed by atoms with E-state index < -0.39 is 0 Å². The van der Waals surface area contributed by atoms with Crippen molar-refractivity contribution in [1.29, 1.82) is 0 Å². The molecule has 0 radical (unpaired) electrons. The summed E-state index contributed by atoms with van der Waals surface area (Å²) >= 11 is 0. The maximum Gasteiger partial charge on any atom is 0.227 e. The van der Waals surface area contributed by atoms with Crippen LogP contribution in [0.15, 0.2) is 36.9 Å². The Morgan fingerprint density at radius 2 is 1.93 bits per heavy atom. The monoisotopic (exact) mass is 389 g/mol. The highest BCUT2D eigenvalue weighted by molar-refractivity contribution is 5.56. The summed E-state index contributed by atoms with van der Waals surface area (Å²) in [6.07, 6.45) is 9.57. The first-order valence-corrected chi connectivity index (χ1v) is 10.1.